The van der Waals surface area contributed by atoms with Crippen LogP contribution < -0.4 is 5.32 Å². The van der Waals surface area contributed by atoms with Gasteiger partial charge in [-0.3, -0.25) is 4.99 Å². The van der Waals surface area contributed by atoms with Crippen LogP contribution in [0.25, 0.3) is 0 Å². The molecule has 0 atom stereocenters. The molecule has 2 aliphatic rings. The first kappa shape index (κ1) is 24.8. The highest BCUT2D eigenvalue weighted by Gasteiger charge is 2.42. The molecule has 0 unspecified atom stereocenters. The summed E-state index contributed by atoms with van der Waals surface area (Å²) < 4.78 is 10.8. The average molecular weight is 425 g/mol. The van der Waals surface area contributed by atoms with Gasteiger partial charge in [0.15, 0.2) is 5.96 Å². The number of likely N-dealkylation sites (tertiary alicyclic amines) is 1. The summed E-state index contributed by atoms with van der Waals surface area (Å²) in [5.74, 6) is 1.55. The Balaban J connectivity index is 1.86. The van der Waals surface area contributed by atoms with Gasteiger partial charge in [-0.15, -0.1) is 0 Å². The zero-order valence-electron chi connectivity index (χ0n) is 20.1. The fourth-order valence-electron chi connectivity index (χ4n) is 3.95. The maximum absolute atomic E-state index is 12.4. The molecule has 1 aliphatic heterocycles. The largest absolute Gasteiger partial charge is 0.444 e. The molecule has 0 spiro atoms. The van der Waals surface area contributed by atoms with E-state index in [-0.39, 0.29) is 6.09 Å². The van der Waals surface area contributed by atoms with Gasteiger partial charge in [-0.25, -0.2) is 4.79 Å². The van der Waals surface area contributed by atoms with E-state index in [9.17, 15) is 4.79 Å². The van der Waals surface area contributed by atoms with E-state index in [4.69, 9.17) is 14.5 Å². The van der Waals surface area contributed by atoms with Gasteiger partial charge in [0, 0.05) is 53.0 Å². The van der Waals surface area contributed by atoms with Crippen LogP contribution in [0.4, 0.5) is 4.79 Å². The standard InChI is InChI=1S/C23H44N4O3/c1-7-24-20(25-18-23(11-12-23)13-16-29-6)27-14-9-19(10-15-27)17-26(8-2)21(28)30-22(3,4)5/h19H,7-18H2,1-6H3,(H,24,25). The second-order valence-electron chi connectivity index (χ2n) is 9.86. The van der Waals surface area contributed by atoms with Crippen molar-refractivity contribution in [2.75, 3.05) is 53.0 Å². The molecule has 0 radical (unpaired) electrons. The van der Waals surface area contributed by atoms with E-state index >= 15 is 0 Å². The number of guanidine groups is 1. The number of aliphatic imine (C=N–C) groups is 1. The molecule has 30 heavy (non-hydrogen) atoms. The number of nitrogens with one attached hydrogen (secondary N) is 1. The van der Waals surface area contributed by atoms with Crippen molar-refractivity contribution in [3.05, 3.63) is 0 Å². The first-order valence-corrected chi connectivity index (χ1v) is 11.7. The number of rotatable bonds is 9. The summed E-state index contributed by atoms with van der Waals surface area (Å²) in [7, 11) is 1.77. The van der Waals surface area contributed by atoms with Gasteiger partial charge >= 0.3 is 6.09 Å². The number of amides is 1. The van der Waals surface area contributed by atoms with Gasteiger partial charge in [0.1, 0.15) is 5.60 Å². The Morgan fingerprint density at radius 3 is 2.40 bits per heavy atom. The third kappa shape index (κ3) is 7.97. The van der Waals surface area contributed by atoms with E-state index < -0.39 is 5.60 Å². The van der Waals surface area contributed by atoms with Gasteiger partial charge in [0.05, 0.1) is 0 Å². The summed E-state index contributed by atoms with van der Waals surface area (Å²) in [5, 5.41) is 3.48. The number of hydrogen-bond donors (Lipinski definition) is 1. The van der Waals surface area contributed by atoms with Crippen LogP contribution in [0.5, 0.6) is 0 Å². The predicted octanol–water partition coefficient (Wildman–Crippen LogP) is 3.74. The summed E-state index contributed by atoms with van der Waals surface area (Å²) in [6.07, 6.45) is 5.56. The Morgan fingerprint density at radius 2 is 1.90 bits per heavy atom. The minimum atomic E-state index is -0.451. The molecule has 1 amide bonds. The summed E-state index contributed by atoms with van der Waals surface area (Å²) >= 11 is 0. The Morgan fingerprint density at radius 1 is 1.23 bits per heavy atom. The highest BCUT2D eigenvalue weighted by molar-refractivity contribution is 5.80. The van der Waals surface area contributed by atoms with E-state index in [0.717, 1.165) is 64.6 Å². The predicted molar refractivity (Wildman–Crippen MR) is 122 cm³/mol. The monoisotopic (exact) mass is 424 g/mol. The van der Waals surface area contributed by atoms with Crippen LogP contribution >= 0.6 is 0 Å². The van der Waals surface area contributed by atoms with Crippen molar-refractivity contribution >= 4 is 12.1 Å². The lowest BCUT2D eigenvalue weighted by Gasteiger charge is -2.36. The van der Waals surface area contributed by atoms with Gasteiger partial charge in [0.25, 0.3) is 0 Å². The molecule has 1 heterocycles. The molecular weight excluding hydrogens is 380 g/mol. The van der Waals surface area contributed by atoms with Gasteiger partial charge < -0.3 is 24.6 Å². The number of ether oxygens (including phenoxy) is 2. The van der Waals surface area contributed by atoms with Crippen LogP contribution in [-0.4, -0.2) is 80.4 Å². The molecule has 174 valence electrons. The third-order valence-corrected chi connectivity index (χ3v) is 6.12. The smallest absolute Gasteiger partial charge is 0.410 e. The second kappa shape index (κ2) is 11.2. The number of piperidine rings is 1. The molecule has 7 heteroatoms. The van der Waals surface area contributed by atoms with Crippen molar-refractivity contribution in [3.8, 4) is 0 Å². The number of carbonyl (C=O) groups excluding carboxylic acids is 1. The molecule has 1 aliphatic carbocycles. The van der Waals surface area contributed by atoms with Crippen LogP contribution in [-0.2, 0) is 9.47 Å². The van der Waals surface area contributed by atoms with Crippen molar-refractivity contribution in [3.63, 3.8) is 0 Å². The van der Waals surface area contributed by atoms with E-state index in [2.05, 4.69) is 17.1 Å². The van der Waals surface area contributed by atoms with Crippen molar-refractivity contribution in [1.29, 1.82) is 0 Å². The molecule has 0 aromatic carbocycles. The average Bonchev–Trinajstić information content (AvgIpc) is 3.47. The minimum Gasteiger partial charge on any atom is -0.444 e. The van der Waals surface area contributed by atoms with E-state index in [0.29, 0.717) is 17.9 Å². The second-order valence-corrected chi connectivity index (χ2v) is 9.86. The molecule has 7 nitrogen and oxygen atoms in total. The SMILES string of the molecule is CCNC(=NCC1(CCOC)CC1)N1CCC(CN(CC)C(=O)OC(C)(C)C)CC1. The van der Waals surface area contributed by atoms with Gasteiger partial charge in [-0.1, -0.05) is 0 Å². The van der Waals surface area contributed by atoms with Crippen molar-refractivity contribution < 1.29 is 14.3 Å². The molecule has 0 aromatic rings. The maximum Gasteiger partial charge on any atom is 0.410 e. The van der Waals surface area contributed by atoms with Gasteiger partial charge in [-0.2, -0.15) is 0 Å². The highest BCUT2D eigenvalue weighted by Crippen LogP contribution is 2.49. The highest BCUT2D eigenvalue weighted by atomic mass is 16.6. The lowest BCUT2D eigenvalue weighted by Crippen LogP contribution is -2.48. The molecule has 1 N–H and O–H groups in total. The zero-order valence-corrected chi connectivity index (χ0v) is 20.1. The normalized spacial score (nSPS) is 19.5. The fourth-order valence-corrected chi connectivity index (χ4v) is 3.95. The molecule has 1 saturated carbocycles. The summed E-state index contributed by atoms with van der Waals surface area (Å²) in [5.41, 5.74) is -0.0860. The lowest BCUT2D eigenvalue weighted by atomic mass is 9.96. The Bertz CT molecular complexity index is 561. The number of nitrogens with zero attached hydrogens (tertiary/aromatic N) is 3. The Hall–Kier alpha value is -1.50. The number of hydrogen-bond acceptors (Lipinski definition) is 4. The number of methoxy groups -OCH3 is 1. The molecule has 0 aromatic heterocycles. The summed E-state index contributed by atoms with van der Waals surface area (Å²) in [6.45, 7) is 15.9. The van der Waals surface area contributed by atoms with Crippen LogP contribution in [0.1, 0.15) is 66.7 Å². The summed E-state index contributed by atoms with van der Waals surface area (Å²) in [4.78, 5) is 21.7. The van der Waals surface area contributed by atoms with Crippen LogP contribution in [0, 0.1) is 11.3 Å². The molecule has 1 saturated heterocycles. The lowest BCUT2D eigenvalue weighted by molar-refractivity contribution is 0.0214. The molecule has 2 rings (SSSR count). The topological polar surface area (TPSA) is 66.4 Å². The van der Waals surface area contributed by atoms with Crippen LogP contribution in [0.3, 0.4) is 0 Å². The Labute approximate surface area is 183 Å². The minimum absolute atomic E-state index is 0.201. The Kier molecular flexibility index (Phi) is 9.26. The molecular formula is C23H44N4O3. The molecule has 2 fully saturated rings. The van der Waals surface area contributed by atoms with E-state index in [1.54, 1.807) is 7.11 Å². The number of carbonyl (C=O) groups is 1. The maximum atomic E-state index is 12.4. The first-order chi connectivity index (χ1) is 14.2. The fraction of sp³-hybridized carbons (Fsp3) is 0.913. The van der Waals surface area contributed by atoms with Gasteiger partial charge in [-0.05, 0) is 78.1 Å². The van der Waals surface area contributed by atoms with Crippen molar-refractivity contribution in [1.82, 2.24) is 15.1 Å². The van der Waals surface area contributed by atoms with Crippen molar-refractivity contribution in [2.45, 2.75) is 72.3 Å². The zero-order chi connectivity index (χ0) is 22.2. The van der Waals surface area contributed by atoms with Crippen molar-refractivity contribution in [2.24, 2.45) is 16.3 Å². The third-order valence-electron chi connectivity index (χ3n) is 6.12. The van der Waals surface area contributed by atoms with E-state index in [1.165, 1.54) is 12.8 Å². The quantitative estimate of drug-likeness (QED) is 0.451. The first-order valence-electron chi connectivity index (χ1n) is 11.7. The molecule has 0 bridgehead atoms. The van der Waals surface area contributed by atoms with E-state index in [1.807, 2.05) is 32.6 Å². The van der Waals surface area contributed by atoms with Crippen LogP contribution in [0.2, 0.25) is 0 Å². The van der Waals surface area contributed by atoms with Gasteiger partial charge in [0.2, 0.25) is 0 Å². The summed E-state index contributed by atoms with van der Waals surface area (Å²) in [6, 6.07) is 0. The van der Waals surface area contributed by atoms with Crippen LogP contribution in [0.15, 0.2) is 4.99 Å².